The van der Waals surface area contributed by atoms with Gasteiger partial charge in [0.1, 0.15) is 17.4 Å². The quantitative estimate of drug-likeness (QED) is 0.883. The number of aliphatic hydroxyl groups is 1. The maximum atomic E-state index is 13.4. The standard InChI is InChI=1S/C15H15F2NO2/c1-20-12-4-2-3-10(7-12)15(19)9-18-14-6-5-11(16)8-13(14)17/h2-8,15,18-19H,9H2,1H3. The molecule has 0 saturated heterocycles. The minimum Gasteiger partial charge on any atom is -0.497 e. The van der Waals surface area contributed by atoms with Crippen LogP contribution in [-0.2, 0) is 0 Å². The highest BCUT2D eigenvalue weighted by Crippen LogP contribution is 2.21. The monoisotopic (exact) mass is 279 g/mol. The first-order valence-electron chi connectivity index (χ1n) is 6.11. The summed E-state index contributed by atoms with van der Waals surface area (Å²) in [6.07, 6.45) is -0.824. The van der Waals surface area contributed by atoms with Crippen LogP contribution in [0.25, 0.3) is 0 Å². The number of rotatable bonds is 5. The molecule has 3 nitrogen and oxygen atoms in total. The van der Waals surface area contributed by atoms with Gasteiger partial charge in [0, 0.05) is 12.6 Å². The van der Waals surface area contributed by atoms with E-state index in [9.17, 15) is 13.9 Å². The normalized spacial score (nSPS) is 12.0. The zero-order valence-electron chi connectivity index (χ0n) is 10.9. The summed E-state index contributed by atoms with van der Waals surface area (Å²) in [5.41, 5.74) is 0.799. The Hall–Kier alpha value is -2.14. The number of anilines is 1. The molecule has 2 N–H and O–H groups in total. The lowest BCUT2D eigenvalue weighted by Crippen LogP contribution is -2.13. The van der Waals surface area contributed by atoms with E-state index in [1.54, 1.807) is 24.3 Å². The Labute approximate surface area is 115 Å². The molecule has 0 amide bonds. The Morgan fingerprint density at radius 2 is 2.00 bits per heavy atom. The van der Waals surface area contributed by atoms with Gasteiger partial charge in [-0.1, -0.05) is 12.1 Å². The Balaban J connectivity index is 2.02. The van der Waals surface area contributed by atoms with Crippen LogP contribution in [0, 0.1) is 11.6 Å². The Kier molecular flexibility index (Phi) is 4.53. The summed E-state index contributed by atoms with van der Waals surface area (Å²) in [5.74, 6) is -0.696. The van der Waals surface area contributed by atoms with Gasteiger partial charge < -0.3 is 15.2 Å². The minimum absolute atomic E-state index is 0.107. The summed E-state index contributed by atoms with van der Waals surface area (Å²) in [6, 6.07) is 10.2. The highest BCUT2D eigenvalue weighted by molar-refractivity contribution is 5.45. The molecule has 20 heavy (non-hydrogen) atoms. The lowest BCUT2D eigenvalue weighted by Gasteiger charge is -2.14. The van der Waals surface area contributed by atoms with Gasteiger partial charge in [0.2, 0.25) is 0 Å². The van der Waals surface area contributed by atoms with Gasteiger partial charge in [0.25, 0.3) is 0 Å². The van der Waals surface area contributed by atoms with E-state index in [2.05, 4.69) is 5.32 Å². The highest BCUT2D eigenvalue weighted by atomic mass is 19.1. The maximum absolute atomic E-state index is 13.4. The van der Waals surface area contributed by atoms with E-state index < -0.39 is 17.7 Å². The highest BCUT2D eigenvalue weighted by Gasteiger charge is 2.10. The SMILES string of the molecule is COc1cccc(C(O)CNc2ccc(F)cc2F)c1. The van der Waals surface area contributed by atoms with E-state index >= 15 is 0 Å². The van der Waals surface area contributed by atoms with Gasteiger partial charge in [-0.15, -0.1) is 0 Å². The fourth-order valence-electron chi connectivity index (χ4n) is 1.81. The average molecular weight is 279 g/mol. The third-order valence-corrected chi connectivity index (χ3v) is 2.90. The van der Waals surface area contributed by atoms with E-state index in [0.29, 0.717) is 11.3 Å². The molecule has 106 valence electrons. The largest absolute Gasteiger partial charge is 0.497 e. The van der Waals surface area contributed by atoms with Crippen molar-refractivity contribution in [3.63, 3.8) is 0 Å². The second-order valence-electron chi connectivity index (χ2n) is 4.30. The van der Waals surface area contributed by atoms with Crippen molar-refractivity contribution in [2.45, 2.75) is 6.10 Å². The molecule has 2 rings (SSSR count). The second-order valence-corrected chi connectivity index (χ2v) is 4.30. The third-order valence-electron chi connectivity index (χ3n) is 2.90. The molecule has 0 aliphatic carbocycles. The van der Waals surface area contributed by atoms with E-state index in [1.807, 2.05) is 0 Å². The van der Waals surface area contributed by atoms with Crippen LogP contribution in [-0.4, -0.2) is 18.8 Å². The number of aliphatic hydroxyl groups excluding tert-OH is 1. The fourth-order valence-corrected chi connectivity index (χ4v) is 1.81. The average Bonchev–Trinajstić information content (AvgIpc) is 2.46. The molecular formula is C15H15F2NO2. The van der Waals surface area contributed by atoms with Crippen molar-refractivity contribution in [2.24, 2.45) is 0 Å². The van der Waals surface area contributed by atoms with Crippen molar-refractivity contribution in [1.29, 1.82) is 0 Å². The van der Waals surface area contributed by atoms with Crippen LogP contribution in [0.1, 0.15) is 11.7 Å². The van der Waals surface area contributed by atoms with Crippen molar-refractivity contribution in [3.05, 3.63) is 59.7 Å². The molecule has 0 spiro atoms. The summed E-state index contributed by atoms with van der Waals surface area (Å²) >= 11 is 0. The van der Waals surface area contributed by atoms with Crippen molar-refractivity contribution >= 4 is 5.69 Å². The van der Waals surface area contributed by atoms with Gasteiger partial charge >= 0.3 is 0 Å². The van der Waals surface area contributed by atoms with Gasteiger partial charge in [-0.25, -0.2) is 8.78 Å². The van der Waals surface area contributed by atoms with Crippen molar-refractivity contribution < 1.29 is 18.6 Å². The van der Waals surface area contributed by atoms with Crippen molar-refractivity contribution in [1.82, 2.24) is 0 Å². The van der Waals surface area contributed by atoms with E-state index in [-0.39, 0.29) is 12.2 Å². The van der Waals surface area contributed by atoms with Crippen molar-refractivity contribution in [2.75, 3.05) is 19.0 Å². The predicted molar refractivity (Wildman–Crippen MR) is 72.8 cm³/mol. The van der Waals surface area contributed by atoms with Crippen LogP contribution in [0.15, 0.2) is 42.5 Å². The van der Waals surface area contributed by atoms with Crippen LogP contribution in [0.3, 0.4) is 0 Å². The Morgan fingerprint density at radius 1 is 1.20 bits per heavy atom. The number of methoxy groups -OCH3 is 1. The zero-order chi connectivity index (χ0) is 14.5. The molecule has 0 aliphatic rings. The molecule has 2 aromatic carbocycles. The van der Waals surface area contributed by atoms with Crippen LogP contribution in [0.5, 0.6) is 5.75 Å². The molecule has 0 aromatic heterocycles. The fraction of sp³-hybridized carbons (Fsp3) is 0.200. The maximum Gasteiger partial charge on any atom is 0.149 e. The molecule has 0 aliphatic heterocycles. The van der Waals surface area contributed by atoms with E-state index in [4.69, 9.17) is 4.74 Å². The molecule has 2 aromatic rings. The van der Waals surface area contributed by atoms with Crippen LogP contribution >= 0.6 is 0 Å². The van der Waals surface area contributed by atoms with Gasteiger partial charge in [-0.05, 0) is 29.8 Å². The first-order chi connectivity index (χ1) is 9.60. The zero-order valence-corrected chi connectivity index (χ0v) is 10.9. The second kappa shape index (κ2) is 6.34. The third kappa shape index (κ3) is 3.45. The number of halogens is 2. The first-order valence-corrected chi connectivity index (χ1v) is 6.11. The molecule has 0 saturated carbocycles. The predicted octanol–water partition coefficient (Wildman–Crippen LogP) is 3.12. The summed E-state index contributed by atoms with van der Waals surface area (Å²) in [6.45, 7) is 0.107. The van der Waals surface area contributed by atoms with Gasteiger partial charge in [-0.2, -0.15) is 0 Å². The lowest BCUT2D eigenvalue weighted by molar-refractivity contribution is 0.191. The molecule has 1 atom stereocenters. The summed E-state index contributed by atoms with van der Waals surface area (Å²) in [5, 5.41) is 12.8. The molecule has 0 radical (unpaired) electrons. The minimum atomic E-state index is -0.824. The number of hydrogen-bond acceptors (Lipinski definition) is 3. The van der Waals surface area contributed by atoms with Crippen LogP contribution in [0.2, 0.25) is 0 Å². The first kappa shape index (κ1) is 14.3. The van der Waals surface area contributed by atoms with Gasteiger partial charge in [0.05, 0.1) is 18.9 Å². The number of benzene rings is 2. The van der Waals surface area contributed by atoms with E-state index in [0.717, 1.165) is 12.1 Å². The Morgan fingerprint density at radius 3 is 2.70 bits per heavy atom. The molecule has 0 fully saturated rings. The number of hydrogen-bond donors (Lipinski definition) is 2. The summed E-state index contributed by atoms with van der Waals surface area (Å²) < 4.78 is 31.2. The van der Waals surface area contributed by atoms with Gasteiger partial charge in [0.15, 0.2) is 0 Å². The summed E-state index contributed by atoms with van der Waals surface area (Å²) in [4.78, 5) is 0. The summed E-state index contributed by atoms with van der Waals surface area (Å²) in [7, 11) is 1.54. The molecule has 5 heteroatoms. The lowest BCUT2D eigenvalue weighted by atomic mass is 10.1. The smallest absolute Gasteiger partial charge is 0.149 e. The van der Waals surface area contributed by atoms with Crippen LogP contribution < -0.4 is 10.1 Å². The van der Waals surface area contributed by atoms with Gasteiger partial charge in [-0.3, -0.25) is 0 Å². The van der Waals surface area contributed by atoms with E-state index in [1.165, 1.54) is 13.2 Å². The molecule has 1 unspecified atom stereocenters. The molecule has 0 bridgehead atoms. The Bertz CT molecular complexity index is 590. The van der Waals surface area contributed by atoms with Crippen molar-refractivity contribution in [3.8, 4) is 5.75 Å². The number of ether oxygens (including phenoxy) is 1. The molecule has 0 heterocycles. The number of nitrogens with one attached hydrogen (secondary N) is 1. The molecular weight excluding hydrogens is 264 g/mol. The topological polar surface area (TPSA) is 41.5 Å². The van der Waals surface area contributed by atoms with Crippen LogP contribution in [0.4, 0.5) is 14.5 Å².